The number of rotatable bonds is 3. The fourth-order valence-corrected chi connectivity index (χ4v) is 5.10. The van der Waals surface area contributed by atoms with Crippen LogP contribution >= 0.6 is 22.9 Å². The number of hydrogen-bond donors (Lipinski definition) is 2. The average molecular weight is 476 g/mol. The molecule has 4 nitrogen and oxygen atoms in total. The summed E-state index contributed by atoms with van der Waals surface area (Å²) in [5.74, 6) is 0.252. The molecule has 2 aromatic heterocycles. The van der Waals surface area contributed by atoms with E-state index in [1.807, 2.05) is 32.0 Å². The molecule has 0 bridgehead atoms. The molecule has 0 fully saturated rings. The van der Waals surface area contributed by atoms with Crippen LogP contribution in [0.3, 0.4) is 0 Å². The van der Waals surface area contributed by atoms with Crippen molar-refractivity contribution in [2.24, 2.45) is 0 Å². The number of thiophene rings is 1. The largest absolute Gasteiger partial charge is 0.506 e. The average Bonchev–Trinajstić information content (AvgIpc) is 3.22. The van der Waals surface area contributed by atoms with E-state index in [0.717, 1.165) is 27.8 Å². The fraction of sp³-hybridized carbons (Fsp3) is 0.148. The zero-order valence-electron chi connectivity index (χ0n) is 18.5. The lowest BCUT2D eigenvalue weighted by molar-refractivity contribution is 0.301. The van der Waals surface area contributed by atoms with Crippen molar-refractivity contribution in [1.82, 2.24) is 4.98 Å². The topological polar surface area (TPSA) is 62.3 Å². The van der Waals surface area contributed by atoms with E-state index in [1.54, 1.807) is 23.5 Å². The summed E-state index contributed by atoms with van der Waals surface area (Å²) in [7, 11) is 0. The molecule has 0 amide bonds. The Bertz CT molecular complexity index is 1520. The van der Waals surface area contributed by atoms with Crippen molar-refractivity contribution in [2.75, 3.05) is 6.61 Å². The van der Waals surface area contributed by atoms with Gasteiger partial charge in [-0.2, -0.15) is 0 Å². The highest BCUT2D eigenvalue weighted by atomic mass is 35.5. The number of pyridine rings is 1. The summed E-state index contributed by atoms with van der Waals surface area (Å²) in [4.78, 5) is 18.1. The lowest BCUT2D eigenvalue weighted by atomic mass is 9.99. The lowest BCUT2D eigenvalue weighted by Crippen LogP contribution is -2.16. The summed E-state index contributed by atoms with van der Waals surface area (Å²) in [5.41, 5.74) is 5.14. The molecule has 2 N–H and O–H groups in total. The molecule has 1 aliphatic heterocycles. The molecular formula is C27H22ClNO3S. The van der Waals surface area contributed by atoms with Crippen molar-refractivity contribution in [2.45, 2.75) is 20.8 Å². The maximum atomic E-state index is 12.8. The molecule has 0 aliphatic carbocycles. The molecule has 0 unspecified atom stereocenters. The number of aromatic amines is 1. The van der Waals surface area contributed by atoms with E-state index in [2.05, 4.69) is 36.2 Å². The van der Waals surface area contributed by atoms with Gasteiger partial charge in [-0.05, 0) is 73.4 Å². The standard InChI is InChI=1S/C27H22ClNO3S/c1-14-10-23(32-13-15(14)2)25-26(30)20-11-19(21(28)12-22(20)29-27(25)31)17-5-7-18(8-6-17)24-9-4-16(3)33-24/h4-12H,13H2,1-3H3,(H2,29,30,31). The van der Waals surface area contributed by atoms with Crippen LogP contribution in [-0.2, 0) is 4.74 Å². The summed E-state index contributed by atoms with van der Waals surface area (Å²) >= 11 is 8.34. The molecular weight excluding hydrogens is 454 g/mol. The second kappa shape index (κ2) is 8.25. The summed E-state index contributed by atoms with van der Waals surface area (Å²) < 4.78 is 5.75. The van der Waals surface area contributed by atoms with Crippen LogP contribution in [-0.4, -0.2) is 16.7 Å². The first kappa shape index (κ1) is 21.6. The van der Waals surface area contributed by atoms with E-state index in [1.165, 1.54) is 9.75 Å². The van der Waals surface area contributed by atoms with Crippen LogP contribution in [0.15, 0.2) is 70.5 Å². The molecule has 166 valence electrons. The second-order valence-electron chi connectivity index (χ2n) is 8.30. The van der Waals surface area contributed by atoms with Gasteiger partial charge in [0.15, 0.2) is 0 Å². The van der Waals surface area contributed by atoms with Crippen molar-refractivity contribution < 1.29 is 9.84 Å². The van der Waals surface area contributed by atoms with Crippen LogP contribution in [0.4, 0.5) is 0 Å². The summed E-state index contributed by atoms with van der Waals surface area (Å²) in [5, 5.41) is 12.1. The minimum absolute atomic E-state index is 0.115. The van der Waals surface area contributed by atoms with Gasteiger partial charge in [-0.15, -0.1) is 11.3 Å². The van der Waals surface area contributed by atoms with E-state index in [0.29, 0.717) is 28.3 Å². The Morgan fingerprint density at radius 3 is 2.42 bits per heavy atom. The second-order valence-corrected chi connectivity index (χ2v) is 10.00. The van der Waals surface area contributed by atoms with Crippen molar-refractivity contribution >= 4 is 39.6 Å². The van der Waals surface area contributed by atoms with Gasteiger partial charge < -0.3 is 14.8 Å². The predicted octanol–water partition coefficient (Wildman–Crippen LogP) is 7.30. The van der Waals surface area contributed by atoms with Gasteiger partial charge in [0.05, 0.1) is 10.5 Å². The highest BCUT2D eigenvalue weighted by molar-refractivity contribution is 7.15. The summed E-state index contributed by atoms with van der Waals surface area (Å²) in [6, 6.07) is 15.9. The number of H-pyrrole nitrogens is 1. The molecule has 0 spiro atoms. The number of fused-ring (bicyclic) bond motifs is 1. The molecule has 0 radical (unpaired) electrons. The Hall–Kier alpha value is -3.28. The number of aryl methyl sites for hydroxylation is 1. The molecule has 2 aromatic carbocycles. The van der Waals surface area contributed by atoms with Crippen LogP contribution in [0.25, 0.3) is 38.2 Å². The number of aromatic nitrogens is 1. The predicted molar refractivity (Wildman–Crippen MR) is 137 cm³/mol. The molecule has 0 saturated heterocycles. The van der Waals surface area contributed by atoms with Gasteiger partial charge in [-0.1, -0.05) is 35.9 Å². The van der Waals surface area contributed by atoms with E-state index in [-0.39, 0.29) is 11.3 Å². The quantitative estimate of drug-likeness (QED) is 0.327. The van der Waals surface area contributed by atoms with Crippen LogP contribution in [0, 0.1) is 6.92 Å². The molecule has 4 aromatic rings. The van der Waals surface area contributed by atoms with Crippen LogP contribution in [0.5, 0.6) is 5.75 Å². The number of hydrogen-bond acceptors (Lipinski definition) is 4. The van der Waals surface area contributed by atoms with Gasteiger partial charge in [0.2, 0.25) is 0 Å². The number of ether oxygens (including phenoxy) is 1. The van der Waals surface area contributed by atoms with E-state index in [4.69, 9.17) is 16.3 Å². The van der Waals surface area contributed by atoms with Gasteiger partial charge in [0, 0.05) is 20.7 Å². The normalized spacial score (nSPS) is 13.9. The minimum atomic E-state index is -0.419. The van der Waals surface area contributed by atoms with Crippen LogP contribution in [0.1, 0.15) is 24.3 Å². The third kappa shape index (κ3) is 3.88. The lowest BCUT2D eigenvalue weighted by Gasteiger charge is -2.19. The van der Waals surface area contributed by atoms with Gasteiger partial charge in [0.1, 0.15) is 23.7 Å². The molecule has 3 heterocycles. The Morgan fingerprint density at radius 1 is 1.03 bits per heavy atom. The monoisotopic (exact) mass is 475 g/mol. The first-order valence-corrected chi connectivity index (χ1v) is 11.8. The maximum absolute atomic E-state index is 12.8. The number of halogens is 1. The van der Waals surface area contributed by atoms with Crippen molar-refractivity contribution in [3.8, 4) is 27.3 Å². The Morgan fingerprint density at radius 2 is 1.76 bits per heavy atom. The SMILES string of the molecule is CC1=C(C)COC(c2c(O)c3cc(-c4ccc(-c5ccc(C)s5)cc4)c(Cl)cc3[nH]c2=O)=C1. The number of allylic oxidation sites excluding steroid dienone is 2. The third-order valence-corrected chi connectivity index (χ3v) is 7.37. The summed E-state index contributed by atoms with van der Waals surface area (Å²) in [6.07, 6.45) is 1.79. The number of nitrogens with one attached hydrogen (secondary N) is 1. The van der Waals surface area contributed by atoms with Gasteiger partial charge in [-0.25, -0.2) is 0 Å². The first-order valence-electron chi connectivity index (χ1n) is 10.6. The van der Waals surface area contributed by atoms with Crippen LogP contribution in [0.2, 0.25) is 5.02 Å². The van der Waals surface area contributed by atoms with Gasteiger partial charge in [-0.3, -0.25) is 4.79 Å². The van der Waals surface area contributed by atoms with Crippen molar-refractivity contribution in [1.29, 1.82) is 0 Å². The highest BCUT2D eigenvalue weighted by Gasteiger charge is 2.21. The van der Waals surface area contributed by atoms with E-state index < -0.39 is 5.56 Å². The highest BCUT2D eigenvalue weighted by Crippen LogP contribution is 2.38. The fourth-order valence-electron chi connectivity index (χ4n) is 3.96. The van der Waals surface area contributed by atoms with Gasteiger partial charge >= 0.3 is 0 Å². The Kier molecular flexibility index (Phi) is 5.39. The van der Waals surface area contributed by atoms with E-state index in [9.17, 15) is 9.90 Å². The zero-order chi connectivity index (χ0) is 23.3. The minimum Gasteiger partial charge on any atom is -0.506 e. The first-order chi connectivity index (χ1) is 15.8. The van der Waals surface area contributed by atoms with Crippen molar-refractivity contribution in [3.63, 3.8) is 0 Å². The zero-order valence-corrected chi connectivity index (χ0v) is 20.0. The molecule has 33 heavy (non-hydrogen) atoms. The molecule has 0 atom stereocenters. The Balaban J connectivity index is 1.62. The molecule has 1 aliphatic rings. The van der Waals surface area contributed by atoms with E-state index >= 15 is 0 Å². The third-order valence-electron chi connectivity index (χ3n) is 6.01. The van der Waals surface area contributed by atoms with Crippen molar-refractivity contribution in [3.05, 3.63) is 91.6 Å². The van der Waals surface area contributed by atoms with Crippen LogP contribution < -0.4 is 5.56 Å². The summed E-state index contributed by atoms with van der Waals surface area (Å²) in [6.45, 7) is 6.42. The van der Waals surface area contributed by atoms with Gasteiger partial charge in [0.25, 0.3) is 5.56 Å². The number of aromatic hydroxyl groups is 1. The Labute approximate surface area is 200 Å². The molecule has 6 heteroatoms. The maximum Gasteiger partial charge on any atom is 0.263 e. The smallest absolute Gasteiger partial charge is 0.263 e. The molecule has 5 rings (SSSR count). The number of benzene rings is 2. The molecule has 0 saturated carbocycles.